The molecule has 0 bridgehead atoms. The Balaban J connectivity index is 3.36. The fourth-order valence-corrected chi connectivity index (χ4v) is 3.60. The molecule has 0 heterocycles. The van der Waals surface area contributed by atoms with Crippen LogP contribution in [0.2, 0.25) is 0 Å². The molecule has 12 heteroatoms. The van der Waals surface area contributed by atoms with E-state index < -0.39 is 40.2 Å². The lowest BCUT2D eigenvalue weighted by Gasteiger charge is -2.04. The molecule has 0 aliphatic heterocycles. The zero-order valence-corrected chi connectivity index (χ0v) is 10.9. The van der Waals surface area contributed by atoms with Crippen LogP contribution in [0.5, 0.6) is 0 Å². The van der Waals surface area contributed by atoms with Gasteiger partial charge in [0.2, 0.25) is 10.0 Å². The summed E-state index contributed by atoms with van der Waals surface area (Å²) in [5.74, 6) is 0. The van der Waals surface area contributed by atoms with E-state index in [1.54, 1.807) is 0 Å². The Morgan fingerprint density at radius 1 is 1.00 bits per heavy atom. The highest BCUT2D eigenvalue weighted by Crippen LogP contribution is 2.15. The molecule has 8 nitrogen and oxygen atoms in total. The monoisotopic (exact) mass is 318 g/mol. The summed E-state index contributed by atoms with van der Waals surface area (Å²) in [5, 5.41) is 4.76. The number of rotatable bonds is 4. The van der Waals surface area contributed by atoms with Gasteiger partial charge >= 0.3 is 10.4 Å². The zero-order valence-electron chi connectivity index (χ0n) is 8.44. The lowest BCUT2D eigenvalue weighted by molar-refractivity contribution is 0.542. The van der Waals surface area contributed by atoms with Gasteiger partial charge in [-0.1, -0.05) is 14.1 Å². The minimum absolute atomic E-state index is 0.554. The second kappa shape index (κ2) is 4.55. The number of halogens is 1. The second-order valence-corrected chi connectivity index (χ2v) is 7.63. The van der Waals surface area contributed by atoms with Gasteiger partial charge in [0.05, 0.1) is 9.79 Å². The van der Waals surface area contributed by atoms with E-state index in [4.69, 9.17) is 5.14 Å². The average molecular weight is 318 g/mol. The van der Waals surface area contributed by atoms with Gasteiger partial charge in [-0.2, -0.15) is 8.42 Å². The van der Waals surface area contributed by atoms with Crippen LogP contribution in [0.1, 0.15) is 0 Å². The third-order valence-electron chi connectivity index (χ3n) is 1.65. The van der Waals surface area contributed by atoms with Gasteiger partial charge in [-0.15, -0.1) is 0 Å². The molecule has 0 spiro atoms. The molecule has 1 aromatic rings. The van der Waals surface area contributed by atoms with Crippen LogP contribution in [0.25, 0.3) is 0 Å². The Morgan fingerprint density at radius 3 is 1.94 bits per heavy atom. The van der Waals surface area contributed by atoms with Gasteiger partial charge in [-0.25, -0.2) is 22.0 Å². The number of sulfonamides is 2. The van der Waals surface area contributed by atoms with Crippen molar-refractivity contribution in [1.82, 2.24) is 4.13 Å². The van der Waals surface area contributed by atoms with Crippen molar-refractivity contribution >= 4 is 30.5 Å². The first-order valence-corrected chi connectivity index (χ1v) is 8.44. The normalized spacial score (nSPS) is 13.4. The number of hydrogen-bond donors (Lipinski definition) is 2. The van der Waals surface area contributed by atoms with Gasteiger partial charge in [0.1, 0.15) is 0 Å². The Kier molecular flexibility index (Phi) is 3.78. The van der Waals surface area contributed by atoms with Gasteiger partial charge in [-0.3, -0.25) is 0 Å². The van der Waals surface area contributed by atoms with Gasteiger partial charge in [-0.05, 0) is 18.2 Å². The number of hydrogen-bond acceptors (Lipinski definition) is 6. The zero-order chi connectivity index (χ0) is 14.2. The standard InChI is InChI=1S/C6H7FN2O6S3/c7-18(14,15)9-17(12,13)6-3-1-2-5(4-6)16(8,10)11/h1-4,9H,(H2,8,10,11). The van der Waals surface area contributed by atoms with E-state index in [0.717, 1.165) is 22.3 Å². The van der Waals surface area contributed by atoms with E-state index in [-0.39, 0.29) is 0 Å². The third-order valence-corrected chi connectivity index (χ3v) is 5.11. The molecule has 102 valence electrons. The van der Waals surface area contributed by atoms with Gasteiger partial charge in [0.15, 0.2) is 0 Å². The van der Waals surface area contributed by atoms with Crippen LogP contribution < -0.4 is 9.27 Å². The molecule has 0 aliphatic rings. The summed E-state index contributed by atoms with van der Waals surface area (Å²) in [6.45, 7) is 0. The minimum atomic E-state index is -5.50. The van der Waals surface area contributed by atoms with E-state index in [1.165, 1.54) is 0 Å². The molecule has 0 aromatic heterocycles. The fourth-order valence-electron chi connectivity index (χ4n) is 0.998. The molecule has 0 amide bonds. The van der Waals surface area contributed by atoms with E-state index in [0.29, 0.717) is 6.07 Å². The van der Waals surface area contributed by atoms with Crippen molar-refractivity contribution in [2.45, 2.75) is 9.79 Å². The summed E-state index contributed by atoms with van der Waals surface area (Å²) in [4.78, 5) is -1.31. The summed E-state index contributed by atoms with van der Waals surface area (Å²) in [7, 11) is -14.4. The Morgan fingerprint density at radius 2 is 1.50 bits per heavy atom. The second-order valence-electron chi connectivity index (χ2n) is 3.04. The first kappa shape index (κ1) is 15.0. The maximum absolute atomic E-state index is 12.2. The molecular weight excluding hydrogens is 311 g/mol. The van der Waals surface area contributed by atoms with E-state index >= 15 is 0 Å². The summed E-state index contributed by atoms with van der Waals surface area (Å²) < 4.78 is 78.0. The molecule has 0 fully saturated rings. The first-order chi connectivity index (χ1) is 7.92. The molecule has 0 saturated carbocycles. The summed E-state index contributed by atoms with van der Waals surface area (Å²) >= 11 is 0. The van der Waals surface area contributed by atoms with E-state index in [1.807, 2.05) is 0 Å². The summed E-state index contributed by atoms with van der Waals surface area (Å²) in [6, 6.07) is 3.49. The van der Waals surface area contributed by atoms with Crippen LogP contribution in [0, 0.1) is 0 Å². The summed E-state index contributed by atoms with van der Waals surface area (Å²) in [6.07, 6.45) is 0. The lowest BCUT2D eigenvalue weighted by atomic mass is 10.4. The van der Waals surface area contributed by atoms with Crippen LogP contribution in [0.15, 0.2) is 34.1 Å². The predicted octanol–water partition coefficient (Wildman–Crippen LogP) is -1.17. The molecule has 18 heavy (non-hydrogen) atoms. The SMILES string of the molecule is NS(=O)(=O)c1cccc(S(=O)(=O)NS(=O)(=O)F)c1. The molecule has 1 rings (SSSR count). The van der Waals surface area contributed by atoms with Crippen LogP contribution in [0.3, 0.4) is 0 Å². The van der Waals surface area contributed by atoms with E-state index in [2.05, 4.69) is 0 Å². The van der Waals surface area contributed by atoms with Crippen molar-refractivity contribution in [3.05, 3.63) is 24.3 Å². The highest BCUT2D eigenvalue weighted by molar-refractivity contribution is 8.02. The molecule has 0 atom stereocenters. The van der Waals surface area contributed by atoms with Crippen LogP contribution >= 0.6 is 0 Å². The highest BCUT2D eigenvalue weighted by atomic mass is 32.3. The van der Waals surface area contributed by atoms with Crippen LogP contribution in [-0.2, 0) is 30.5 Å². The van der Waals surface area contributed by atoms with Crippen molar-refractivity contribution in [2.24, 2.45) is 5.14 Å². The van der Waals surface area contributed by atoms with E-state index in [9.17, 15) is 29.1 Å². The Hall–Kier alpha value is -1.08. The quantitative estimate of drug-likeness (QED) is 0.670. The molecule has 3 N–H and O–H groups in total. The predicted molar refractivity (Wildman–Crippen MR) is 58.2 cm³/mol. The number of nitrogens with one attached hydrogen (secondary N) is 1. The molecule has 0 radical (unpaired) electrons. The van der Waals surface area contributed by atoms with Crippen molar-refractivity contribution in [3.8, 4) is 0 Å². The molecular formula is C6H7FN2O6S3. The lowest BCUT2D eigenvalue weighted by Crippen LogP contribution is -2.27. The van der Waals surface area contributed by atoms with Crippen LogP contribution in [-0.4, -0.2) is 25.3 Å². The van der Waals surface area contributed by atoms with Crippen molar-refractivity contribution < 1.29 is 29.1 Å². The molecule has 1 aromatic carbocycles. The fraction of sp³-hybridized carbons (Fsp3) is 0. The van der Waals surface area contributed by atoms with Crippen molar-refractivity contribution in [3.63, 3.8) is 0 Å². The van der Waals surface area contributed by atoms with Gasteiger partial charge in [0.25, 0.3) is 10.0 Å². The average Bonchev–Trinajstić information content (AvgIpc) is 2.13. The molecule has 0 saturated heterocycles. The van der Waals surface area contributed by atoms with Crippen molar-refractivity contribution in [1.29, 1.82) is 0 Å². The number of benzene rings is 1. The smallest absolute Gasteiger partial charge is 0.225 e. The topological polar surface area (TPSA) is 140 Å². The first-order valence-electron chi connectivity index (χ1n) is 4.03. The highest BCUT2D eigenvalue weighted by Gasteiger charge is 2.23. The van der Waals surface area contributed by atoms with Crippen molar-refractivity contribution in [2.75, 3.05) is 0 Å². The number of nitrogens with two attached hydrogens (primary N) is 1. The Bertz CT molecular complexity index is 767. The summed E-state index contributed by atoms with van der Waals surface area (Å²) in [5.41, 5.74) is 0. The van der Waals surface area contributed by atoms with Gasteiger partial charge in [0, 0.05) is 0 Å². The van der Waals surface area contributed by atoms with Crippen LogP contribution in [0.4, 0.5) is 3.89 Å². The number of primary sulfonamides is 1. The maximum atomic E-state index is 12.2. The molecule has 0 unspecified atom stereocenters. The third kappa shape index (κ3) is 3.99. The Labute approximate surface area is 103 Å². The largest absolute Gasteiger partial charge is 0.385 e. The van der Waals surface area contributed by atoms with Gasteiger partial charge < -0.3 is 0 Å². The molecule has 0 aliphatic carbocycles. The minimum Gasteiger partial charge on any atom is -0.225 e. The maximum Gasteiger partial charge on any atom is 0.385 e.